The van der Waals surface area contributed by atoms with Crippen LogP contribution in [-0.2, 0) is 16.0 Å². The van der Waals surface area contributed by atoms with Crippen LogP contribution in [0.15, 0.2) is 48.5 Å². The standard InChI is InChI=1S/C18H19NO5/c1-2-13-4-3-5-16(10-13)23-11-17(20)19-14-6-8-15(9-7-14)24-12-18(21)22/h3-10H,2,11-12H2,1H3,(H,19,20)(H,21,22). The Bertz CT molecular complexity index is 697. The summed E-state index contributed by atoms with van der Waals surface area (Å²) in [5.41, 5.74) is 1.72. The molecule has 0 bridgehead atoms. The van der Waals surface area contributed by atoms with E-state index >= 15 is 0 Å². The molecule has 0 saturated heterocycles. The number of carbonyl (C=O) groups excluding carboxylic acids is 1. The van der Waals surface area contributed by atoms with E-state index in [9.17, 15) is 9.59 Å². The molecule has 6 heteroatoms. The van der Waals surface area contributed by atoms with E-state index in [0.29, 0.717) is 17.2 Å². The van der Waals surface area contributed by atoms with Gasteiger partial charge in [0.05, 0.1) is 0 Å². The Kier molecular flexibility index (Phi) is 6.19. The maximum atomic E-state index is 11.9. The Balaban J connectivity index is 1.82. The number of carboxylic acids is 1. The smallest absolute Gasteiger partial charge is 0.341 e. The highest BCUT2D eigenvalue weighted by Crippen LogP contribution is 2.16. The van der Waals surface area contributed by atoms with Crippen LogP contribution in [0, 0.1) is 0 Å². The summed E-state index contributed by atoms with van der Waals surface area (Å²) in [6.45, 7) is 1.55. The Hall–Kier alpha value is -3.02. The first kappa shape index (κ1) is 17.3. The molecule has 126 valence electrons. The number of anilines is 1. The number of aryl methyl sites for hydroxylation is 1. The molecule has 24 heavy (non-hydrogen) atoms. The highest BCUT2D eigenvalue weighted by Gasteiger charge is 2.05. The van der Waals surface area contributed by atoms with E-state index in [1.54, 1.807) is 30.3 Å². The maximum absolute atomic E-state index is 11.9. The summed E-state index contributed by atoms with van der Waals surface area (Å²) < 4.78 is 10.5. The molecule has 0 radical (unpaired) electrons. The van der Waals surface area contributed by atoms with Crippen LogP contribution in [0.2, 0.25) is 0 Å². The number of rotatable bonds is 8. The normalized spacial score (nSPS) is 10.0. The van der Waals surface area contributed by atoms with Crippen LogP contribution in [0.1, 0.15) is 12.5 Å². The zero-order valence-electron chi connectivity index (χ0n) is 13.3. The van der Waals surface area contributed by atoms with Crippen molar-refractivity contribution in [3.63, 3.8) is 0 Å². The number of hydrogen-bond donors (Lipinski definition) is 2. The molecule has 2 rings (SSSR count). The van der Waals surface area contributed by atoms with Gasteiger partial charge in [0.2, 0.25) is 0 Å². The van der Waals surface area contributed by atoms with E-state index in [-0.39, 0.29) is 12.5 Å². The Morgan fingerprint density at radius 1 is 1.00 bits per heavy atom. The zero-order chi connectivity index (χ0) is 17.4. The minimum atomic E-state index is -1.04. The van der Waals surface area contributed by atoms with Crippen LogP contribution in [0.3, 0.4) is 0 Å². The van der Waals surface area contributed by atoms with Gasteiger partial charge in [0.1, 0.15) is 11.5 Å². The maximum Gasteiger partial charge on any atom is 0.341 e. The highest BCUT2D eigenvalue weighted by atomic mass is 16.5. The lowest BCUT2D eigenvalue weighted by molar-refractivity contribution is -0.139. The van der Waals surface area contributed by atoms with Gasteiger partial charge in [-0.1, -0.05) is 19.1 Å². The quantitative estimate of drug-likeness (QED) is 0.778. The van der Waals surface area contributed by atoms with Crippen molar-refractivity contribution in [2.45, 2.75) is 13.3 Å². The largest absolute Gasteiger partial charge is 0.484 e. The van der Waals surface area contributed by atoms with E-state index < -0.39 is 12.6 Å². The van der Waals surface area contributed by atoms with Crippen molar-refractivity contribution in [1.29, 1.82) is 0 Å². The fraction of sp³-hybridized carbons (Fsp3) is 0.222. The van der Waals surface area contributed by atoms with Crippen molar-refractivity contribution in [3.05, 3.63) is 54.1 Å². The van der Waals surface area contributed by atoms with Gasteiger partial charge in [-0.05, 0) is 48.4 Å². The Morgan fingerprint density at radius 2 is 1.71 bits per heavy atom. The average molecular weight is 329 g/mol. The number of aliphatic carboxylic acids is 1. The molecule has 2 aromatic rings. The van der Waals surface area contributed by atoms with Crippen LogP contribution >= 0.6 is 0 Å². The lowest BCUT2D eigenvalue weighted by Crippen LogP contribution is -2.20. The van der Waals surface area contributed by atoms with Gasteiger partial charge in [-0.15, -0.1) is 0 Å². The van der Waals surface area contributed by atoms with Crippen molar-refractivity contribution in [1.82, 2.24) is 0 Å². The third kappa shape index (κ3) is 5.64. The third-order valence-electron chi connectivity index (χ3n) is 3.18. The molecule has 0 aliphatic carbocycles. The summed E-state index contributed by atoms with van der Waals surface area (Å²) in [5.74, 6) is -0.252. The summed E-state index contributed by atoms with van der Waals surface area (Å²) >= 11 is 0. The predicted octanol–water partition coefficient (Wildman–Crippen LogP) is 2.73. The second-order valence-electron chi connectivity index (χ2n) is 5.04. The molecule has 0 heterocycles. The molecule has 2 N–H and O–H groups in total. The third-order valence-corrected chi connectivity index (χ3v) is 3.18. The molecule has 0 atom stereocenters. The van der Waals surface area contributed by atoms with Gasteiger partial charge >= 0.3 is 5.97 Å². The van der Waals surface area contributed by atoms with Gasteiger partial charge < -0.3 is 19.9 Å². The lowest BCUT2D eigenvalue weighted by atomic mass is 10.2. The van der Waals surface area contributed by atoms with E-state index in [0.717, 1.165) is 12.0 Å². The number of nitrogens with one attached hydrogen (secondary N) is 1. The zero-order valence-corrected chi connectivity index (χ0v) is 13.3. The van der Waals surface area contributed by atoms with Gasteiger partial charge in [0.25, 0.3) is 5.91 Å². The van der Waals surface area contributed by atoms with Crippen LogP contribution in [0.25, 0.3) is 0 Å². The number of amides is 1. The van der Waals surface area contributed by atoms with Crippen molar-refractivity contribution < 1.29 is 24.2 Å². The van der Waals surface area contributed by atoms with Gasteiger partial charge in [-0.3, -0.25) is 4.79 Å². The monoisotopic (exact) mass is 329 g/mol. The number of benzene rings is 2. The first-order valence-electron chi connectivity index (χ1n) is 7.53. The summed E-state index contributed by atoms with van der Waals surface area (Å²) in [7, 11) is 0. The minimum Gasteiger partial charge on any atom is -0.484 e. The fourth-order valence-corrected chi connectivity index (χ4v) is 1.98. The SMILES string of the molecule is CCc1cccc(OCC(=O)Nc2ccc(OCC(=O)O)cc2)c1. The van der Waals surface area contributed by atoms with Gasteiger partial charge in [0.15, 0.2) is 13.2 Å². The predicted molar refractivity (Wildman–Crippen MR) is 89.5 cm³/mol. The summed E-state index contributed by atoms with van der Waals surface area (Å²) in [6, 6.07) is 14.0. The van der Waals surface area contributed by atoms with E-state index in [1.165, 1.54) is 0 Å². The second kappa shape index (κ2) is 8.57. The summed E-state index contributed by atoms with van der Waals surface area (Å²) in [4.78, 5) is 22.3. The van der Waals surface area contributed by atoms with Gasteiger partial charge in [-0.25, -0.2) is 4.79 Å². The molecule has 0 unspecified atom stereocenters. The second-order valence-corrected chi connectivity index (χ2v) is 5.04. The van der Waals surface area contributed by atoms with E-state index in [1.807, 2.05) is 18.2 Å². The highest BCUT2D eigenvalue weighted by molar-refractivity contribution is 5.91. The molecular weight excluding hydrogens is 310 g/mol. The molecule has 0 saturated carbocycles. The van der Waals surface area contributed by atoms with Crippen LogP contribution in [0.5, 0.6) is 11.5 Å². The van der Waals surface area contributed by atoms with Crippen molar-refractivity contribution in [2.24, 2.45) is 0 Å². The number of hydrogen-bond acceptors (Lipinski definition) is 4. The topological polar surface area (TPSA) is 84.9 Å². The number of carbonyl (C=O) groups is 2. The first-order chi connectivity index (χ1) is 11.6. The van der Waals surface area contributed by atoms with Crippen molar-refractivity contribution in [3.8, 4) is 11.5 Å². The van der Waals surface area contributed by atoms with Gasteiger partial charge in [0, 0.05) is 5.69 Å². The molecule has 0 fully saturated rings. The minimum absolute atomic E-state index is 0.0928. The van der Waals surface area contributed by atoms with Crippen LogP contribution in [0.4, 0.5) is 5.69 Å². The van der Waals surface area contributed by atoms with E-state index in [2.05, 4.69) is 12.2 Å². The molecule has 0 aliphatic heterocycles. The molecule has 6 nitrogen and oxygen atoms in total. The number of ether oxygens (including phenoxy) is 2. The average Bonchev–Trinajstić information content (AvgIpc) is 2.59. The molecule has 0 spiro atoms. The number of carboxylic acid groups (broad SMARTS) is 1. The molecule has 1 amide bonds. The molecule has 0 aliphatic rings. The van der Waals surface area contributed by atoms with Crippen molar-refractivity contribution in [2.75, 3.05) is 18.5 Å². The van der Waals surface area contributed by atoms with Crippen LogP contribution < -0.4 is 14.8 Å². The summed E-state index contributed by atoms with van der Waals surface area (Å²) in [5, 5.41) is 11.2. The Morgan fingerprint density at radius 3 is 2.38 bits per heavy atom. The van der Waals surface area contributed by atoms with E-state index in [4.69, 9.17) is 14.6 Å². The first-order valence-corrected chi connectivity index (χ1v) is 7.53. The lowest BCUT2D eigenvalue weighted by Gasteiger charge is -2.09. The Labute approximate surface area is 140 Å². The summed E-state index contributed by atoms with van der Waals surface area (Å²) in [6.07, 6.45) is 0.902. The van der Waals surface area contributed by atoms with Crippen molar-refractivity contribution >= 4 is 17.6 Å². The van der Waals surface area contributed by atoms with Gasteiger partial charge in [-0.2, -0.15) is 0 Å². The van der Waals surface area contributed by atoms with Crippen LogP contribution in [-0.4, -0.2) is 30.2 Å². The fourth-order valence-electron chi connectivity index (χ4n) is 1.98. The molecule has 0 aromatic heterocycles. The molecular formula is C18H19NO5. The molecule has 2 aromatic carbocycles.